The smallest absolute Gasteiger partial charge is 0.305 e. The number of aromatic nitrogens is 1. The Hall–Kier alpha value is -4.16. The third-order valence-electron chi connectivity index (χ3n) is 8.99. The van der Waals surface area contributed by atoms with E-state index in [1.165, 1.54) is 29.0 Å². The van der Waals surface area contributed by atoms with Crippen molar-refractivity contribution in [2.45, 2.75) is 90.4 Å². The van der Waals surface area contributed by atoms with Gasteiger partial charge in [0.05, 0.1) is 12.5 Å². The van der Waals surface area contributed by atoms with E-state index in [4.69, 9.17) is 11.6 Å². The lowest BCUT2D eigenvalue weighted by molar-refractivity contribution is -0.138. The molecule has 13 heteroatoms. The van der Waals surface area contributed by atoms with Crippen LogP contribution in [-0.2, 0) is 16.1 Å². The zero-order chi connectivity index (χ0) is 36.2. The van der Waals surface area contributed by atoms with E-state index >= 15 is 4.39 Å². The second-order valence-corrected chi connectivity index (χ2v) is 13.3. The third kappa shape index (κ3) is 9.10. The Morgan fingerprint density at radius 3 is 2.33 bits per heavy atom. The molecule has 2 aromatic carbocycles. The van der Waals surface area contributed by atoms with Crippen molar-refractivity contribution in [3.8, 4) is 11.1 Å². The van der Waals surface area contributed by atoms with Crippen molar-refractivity contribution in [1.29, 1.82) is 0 Å². The molecule has 0 unspecified atom stereocenters. The Morgan fingerprint density at radius 2 is 1.73 bits per heavy atom. The number of hydrogen-bond donors (Lipinski definition) is 3. The van der Waals surface area contributed by atoms with Crippen LogP contribution in [-0.4, -0.2) is 64.0 Å². The van der Waals surface area contributed by atoms with Gasteiger partial charge < -0.3 is 25.2 Å². The van der Waals surface area contributed by atoms with E-state index in [2.05, 4.69) is 10.6 Å². The molecule has 1 fully saturated rings. The standard InChI is InChI=1S/C36H42ClF3N4O5/c1-6-8-28(41-33(47)26-9-7-10-44(35(26)49)12-11-43(5)25-18-36(39,40)19-25)34(48)42-29(17-30(45)46)27-16-23(13-22(4)32(27)38)31-20(2)14-24(37)15-21(31)3/h7,9-10,13-16,25,28-29H,6,8,11-12,17-19H2,1-5H3,(H,41,47)(H,42,48)(H,45,46)/t28-,29-/m0/s1. The molecule has 1 aromatic heterocycles. The maximum atomic E-state index is 15.7. The molecule has 0 saturated heterocycles. The normalized spacial score (nSPS) is 15.4. The Kier molecular flexibility index (Phi) is 12.0. The van der Waals surface area contributed by atoms with Crippen molar-refractivity contribution in [3.63, 3.8) is 0 Å². The topological polar surface area (TPSA) is 121 Å². The van der Waals surface area contributed by atoms with Crippen LogP contribution in [0, 0.1) is 26.6 Å². The lowest BCUT2D eigenvalue weighted by Gasteiger charge is -2.40. The predicted molar refractivity (Wildman–Crippen MR) is 182 cm³/mol. The fourth-order valence-corrected chi connectivity index (χ4v) is 6.64. The Balaban J connectivity index is 1.55. The summed E-state index contributed by atoms with van der Waals surface area (Å²) in [7, 11) is 1.70. The molecule has 9 nitrogen and oxygen atoms in total. The average molecular weight is 703 g/mol. The van der Waals surface area contributed by atoms with Crippen LogP contribution in [0.4, 0.5) is 13.2 Å². The van der Waals surface area contributed by atoms with E-state index in [0.29, 0.717) is 23.6 Å². The van der Waals surface area contributed by atoms with Gasteiger partial charge in [0, 0.05) is 48.8 Å². The first kappa shape index (κ1) is 37.7. The number of aryl methyl sites for hydroxylation is 3. The summed E-state index contributed by atoms with van der Waals surface area (Å²) in [4.78, 5) is 53.9. The van der Waals surface area contributed by atoms with Gasteiger partial charge in [-0.1, -0.05) is 24.9 Å². The van der Waals surface area contributed by atoms with Gasteiger partial charge in [0.2, 0.25) is 5.91 Å². The van der Waals surface area contributed by atoms with Gasteiger partial charge in [-0.05, 0) is 98.5 Å². The maximum Gasteiger partial charge on any atom is 0.305 e. The maximum absolute atomic E-state index is 15.7. The summed E-state index contributed by atoms with van der Waals surface area (Å²) < 4.78 is 43.6. The number of pyridine rings is 1. The number of nitrogens with one attached hydrogen (secondary N) is 2. The lowest BCUT2D eigenvalue weighted by atomic mass is 9.87. The summed E-state index contributed by atoms with van der Waals surface area (Å²) in [5.74, 6) is -6.16. The van der Waals surface area contributed by atoms with Crippen LogP contribution in [0.3, 0.4) is 0 Å². The van der Waals surface area contributed by atoms with Crippen LogP contribution in [0.1, 0.15) is 77.7 Å². The lowest BCUT2D eigenvalue weighted by Crippen LogP contribution is -2.50. The molecule has 1 aliphatic carbocycles. The Bertz CT molecular complexity index is 1770. The first-order valence-corrected chi connectivity index (χ1v) is 16.6. The highest BCUT2D eigenvalue weighted by Crippen LogP contribution is 2.40. The number of carbonyl (C=O) groups excluding carboxylic acids is 2. The van der Waals surface area contributed by atoms with Crippen LogP contribution in [0.5, 0.6) is 0 Å². The molecule has 0 spiro atoms. The summed E-state index contributed by atoms with van der Waals surface area (Å²) in [5, 5.41) is 15.5. The molecule has 0 radical (unpaired) electrons. The van der Waals surface area contributed by atoms with Crippen molar-refractivity contribution < 1.29 is 32.7 Å². The number of alkyl halides is 2. The monoisotopic (exact) mass is 702 g/mol. The molecule has 1 aliphatic rings. The zero-order valence-corrected chi connectivity index (χ0v) is 29.0. The van der Waals surface area contributed by atoms with E-state index in [0.717, 1.165) is 16.7 Å². The predicted octanol–water partition coefficient (Wildman–Crippen LogP) is 6.19. The number of nitrogens with zero attached hydrogens (tertiary/aromatic N) is 2. The van der Waals surface area contributed by atoms with Crippen LogP contribution in [0.15, 0.2) is 47.4 Å². The highest BCUT2D eigenvalue weighted by atomic mass is 35.5. The number of hydrogen-bond acceptors (Lipinski definition) is 5. The molecule has 2 amide bonds. The minimum atomic E-state index is -2.67. The van der Waals surface area contributed by atoms with E-state index in [9.17, 15) is 33.1 Å². The molecule has 2 atom stereocenters. The molecule has 4 rings (SSSR count). The largest absolute Gasteiger partial charge is 0.481 e. The van der Waals surface area contributed by atoms with Crippen molar-refractivity contribution in [1.82, 2.24) is 20.1 Å². The van der Waals surface area contributed by atoms with Gasteiger partial charge in [-0.2, -0.15) is 0 Å². The van der Waals surface area contributed by atoms with Crippen LogP contribution in [0.25, 0.3) is 11.1 Å². The highest BCUT2D eigenvalue weighted by Gasteiger charge is 2.46. The number of rotatable bonds is 14. The molecule has 3 N–H and O–H groups in total. The summed E-state index contributed by atoms with van der Waals surface area (Å²) in [6.07, 6.45) is 0.981. The number of amides is 2. The summed E-state index contributed by atoms with van der Waals surface area (Å²) in [5.41, 5.74) is 2.48. The fraction of sp³-hybridized carbons (Fsp3) is 0.444. The van der Waals surface area contributed by atoms with Gasteiger partial charge in [-0.15, -0.1) is 0 Å². The van der Waals surface area contributed by atoms with Crippen molar-refractivity contribution in [3.05, 3.63) is 91.6 Å². The summed E-state index contributed by atoms with van der Waals surface area (Å²) in [6, 6.07) is 6.81. The van der Waals surface area contributed by atoms with Crippen LogP contribution in [0.2, 0.25) is 5.02 Å². The van der Waals surface area contributed by atoms with Gasteiger partial charge in [-0.25, -0.2) is 13.2 Å². The molecular formula is C36H42ClF3N4O5. The highest BCUT2D eigenvalue weighted by molar-refractivity contribution is 6.30. The first-order chi connectivity index (χ1) is 23.0. The van der Waals surface area contributed by atoms with E-state index in [1.807, 2.05) is 13.8 Å². The van der Waals surface area contributed by atoms with E-state index < -0.39 is 53.6 Å². The van der Waals surface area contributed by atoms with Gasteiger partial charge >= 0.3 is 5.97 Å². The minimum Gasteiger partial charge on any atom is -0.481 e. The average Bonchev–Trinajstić information content (AvgIpc) is 2.99. The van der Waals surface area contributed by atoms with Gasteiger partial charge in [0.1, 0.15) is 17.4 Å². The number of carboxylic acid groups (broad SMARTS) is 1. The first-order valence-electron chi connectivity index (χ1n) is 16.2. The fourth-order valence-electron chi connectivity index (χ4n) is 6.32. The quantitative estimate of drug-likeness (QED) is 0.184. The van der Waals surface area contributed by atoms with Gasteiger partial charge in [0.25, 0.3) is 17.4 Å². The van der Waals surface area contributed by atoms with Crippen molar-refractivity contribution in [2.24, 2.45) is 0 Å². The second kappa shape index (κ2) is 15.6. The molecule has 264 valence electrons. The van der Waals surface area contributed by atoms with Gasteiger partial charge in [0.15, 0.2) is 0 Å². The molecular weight excluding hydrogens is 661 g/mol. The summed E-state index contributed by atoms with van der Waals surface area (Å²) >= 11 is 6.22. The van der Waals surface area contributed by atoms with E-state index in [1.54, 1.807) is 44.0 Å². The number of aliphatic carboxylic acids is 1. The number of carbonyl (C=O) groups is 3. The molecule has 49 heavy (non-hydrogen) atoms. The number of carboxylic acids is 1. The summed E-state index contributed by atoms with van der Waals surface area (Å²) in [6.45, 7) is 7.53. The molecule has 1 saturated carbocycles. The SMILES string of the molecule is CCC[C@H](NC(=O)c1cccn(CCN(C)C2CC(F)(F)C2)c1=O)C(=O)N[C@@H](CC(=O)O)c1cc(-c2c(C)cc(Cl)cc2C)cc(C)c1F. The molecule has 0 bridgehead atoms. The Morgan fingerprint density at radius 1 is 1.08 bits per heavy atom. The Labute approximate surface area is 288 Å². The minimum absolute atomic E-state index is 0.0254. The van der Waals surface area contributed by atoms with Gasteiger partial charge in [-0.3, -0.25) is 19.2 Å². The number of likely N-dealkylation sites (N-methyl/N-ethyl adjacent to an activating group) is 1. The van der Waals surface area contributed by atoms with Crippen molar-refractivity contribution >= 4 is 29.4 Å². The van der Waals surface area contributed by atoms with E-state index in [-0.39, 0.29) is 48.5 Å². The van der Waals surface area contributed by atoms with Crippen LogP contribution >= 0.6 is 11.6 Å². The second-order valence-electron chi connectivity index (χ2n) is 12.9. The van der Waals surface area contributed by atoms with Crippen molar-refractivity contribution in [2.75, 3.05) is 13.6 Å². The molecule has 3 aromatic rings. The number of benzene rings is 2. The molecule has 1 heterocycles. The zero-order valence-electron chi connectivity index (χ0n) is 28.2. The molecule has 0 aliphatic heterocycles. The third-order valence-corrected chi connectivity index (χ3v) is 9.21. The van der Waals surface area contributed by atoms with Crippen LogP contribution < -0.4 is 16.2 Å². The number of halogens is 4.